The van der Waals surface area contributed by atoms with Crippen LogP contribution in [-0.4, -0.2) is 31.4 Å². The molecule has 4 aliphatic carbocycles. The first-order valence-electron chi connectivity index (χ1n) is 13.3. The van der Waals surface area contributed by atoms with Crippen LogP contribution < -0.4 is 5.32 Å². The number of hydrogen-bond acceptors (Lipinski definition) is 6. The quantitative estimate of drug-likeness (QED) is 0.341. The number of anilines is 1. The first-order chi connectivity index (χ1) is 17.4. The fourth-order valence-electron chi connectivity index (χ4n) is 7.37. The molecule has 1 amide bonds. The maximum atomic E-state index is 12.7. The number of rotatable bonds is 8. The molecule has 4 saturated carbocycles. The molecule has 7 rings (SSSR count). The van der Waals surface area contributed by atoms with Crippen molar-refractivity contribution in [1.29, 1.82) is 0 Å². The van der Waals surface area contributed by atoms with Crippen molar-refractivity contribution in [2.24, 2.45) is 23.2 Å². The molecule has 0 atom stereocenters. The molecule has 0 radical (unpaired) electrons. The van der Waals surface area contributed by atoms with Crippen LogP contribution in [-0.2, 0) is 17.8 Å². The molecule has 0 spiro atoms. The van der Waals surface area contributed by atoms with Crippen LogP contribution in [0.15, 0.2) is 28.7 Å². The topological polar surface area (TPSA) is 72.7 Å². The highest BCUT2D eigenvalue weighted by Gasteiger charge is 2.51. The molecule has 0 saturated heterocycles. The molecule has 8 heteroatoms. The smallest absolute Gasteiger partial charge is 0.236 e. The van der Waals surface area contributed by atoms with Crippen molar-refractivity contribution >= 4 is 34.1 Å². The van der Waals surface area contributed by atoms with Crippen LogP contribution in [0.3, 0.4) is 0 Å². The van der Waals surface area contributed by atoms with Gasteiger partial charge in [0.2, 0.25) is 5.91 Å². The van der Waals surface area contributed by atoms with Gasteiger partial charge in [0.05, 0.1) is 11.4 Å². The second kappa shape index (κ2) is 9.60. The summed E-state index contributed by atoms with van der Waals surface area (Å²) in [6, 6.07) is 6.34. The highest BCUT2D eigenvalue weighted by Crippen LogP contribution is 2.61. The lowest BCUT2D eigenvalue weighted by Crippen LogP contribution is -2.47. The summed E-state index contributed by atoms with van der Waals surface area (Å²) < 4.78 is 2.23. The average Bonchev–Trinajstić information content (AvgIpc) is 3.45. The van der Waals surface area contributed by atoms with Crippen LogP contribution >= 0.6 is 23.1 Å². The molecule has 190 valence electrons. The zero-order valence-electron chi connectivity index (χ0n) is 21.4. The maximum Gasteiger partial charge on any atom is 0.236 e. The Balaban J connectivity index is 1.08. The fraction of sp³-hybridized carbons (Fsp3) is 0.571. The maximum absolute atomic E-state index is 12.7. The molecule has 2 aromatic heterocycles. The van der Waals surface area contributed by atoms with Gasteiger partial charge in [-0.1, -0.05) is 23.9 Å². The molecule has 4 fully saturated rings. The van der Waals surface area contributed by atoms with Crippen molar-refractivity contribution in [2.75, 3.05) is 11.1 Å². The SMILES string of the molecule is CCn1c(CC23CC4CC(CC(C4)C2)C3)nnc1SCC(=O)Nc1nc(-c2ccc(C)c(C)c2)cs1. The van der Waals surface area contributed by atoms with Gasteiger partial charge >= 0.3 is 0 Å². The third-order valence-corrected chi connectivity index (χ3v) is 10.4. The van der Waals surface area contributed by atoms with Crippen LogP contribution in [0.25, 0.3) is 11.3 Å². The third-order valence-electron chi connectivity index (χ3n) is 8.69. The lowest BCUT2D eigenvalue weighted by atomic mass is 9.49. The van der Waals surface area contributed by atoms with Gasteiger partial charge in [0.25, 0.3) is 0 Å². The van der Waals surface area contributed by atoms with Gasteiger partial charge in [-0.15, -0.1) is 21.5 Å². The molecular weight excluding hydrogens is 486 g/mol. The number of nitrogens with zero attached hydrogens (tertiary/aromatic N) is 4. The van der Waals surface area contributed by atoms with Crippen molar-refractivity contribution in [3.63, 3.8) is 0 Å². The molecule has 4 aliphatic rings. The fourth-order valence-corrected chi connectivity index (χ4v) is 8.92. The highest BCUT2D eigenvalue weighted by molar-refractivity contribution is 7.99. The summed E-state index contributed by atoms with van der Waals surface area (Å²) in [6.45, 7) is 7.20. The molecule has 6 nitrogen and oxygen atoms in total. The predicted octanol–water partition coefficient (Wildman–Crippen LogP) is 6.53. The van der Waals surface area contributed by atoms with E-state index in [-0.39, 0.29) is 5.91 Å². The number of hydrogen-bond donors (Lipinski definition) is 1. The van der Waals surface area contributed by atoms with Gasteiger partial charge in [-0.3, -0.25) is 4.79 Å². The van der Waals surface area contributed by atoms with Crippen molar-refractivity contribution in [3.8, 4) is 11.3 Å². The molecular formula is C28H35N5OS2. The molecule has 36 heavy (non-hydrogen) atoms. The Kier molecular flexibility index (Phi) is 6.44. The number of benzene rings is 1. The van der Waals surface area contributed by atoms with Crippen molar-refractivity contribution in [3.05, 3.63) is 40.5 Å². The number of nitrogens with one attached hydrogen (secondary N) is 1. The molecule has 4 bridgehead atoms. The summed E-state index contributed by atoms with van der Waals surface area (Å²) >= 11 is 2.93. The third kappa shape index (κ3) is 4.74. The highest BCUT2D eigenvalue weighted by atomic mass is 32.2. The van der Waals surface area contributed by atoms with E-state index in [0.717, 1.165) is 53.0 Å². The number of aromatic nitrogens is 4. The summed E-state index contributed by atoms with van der Waals surface area (Å²) in [5.74, 6) is 4.16. The van der Waals surface area contributed by atoms with Crippen molar-refractivity contribution in [1.82, 2.24) is 19.7 Å². The molecule has 3 aromatic rings. The number of thioether (sulfide) groups is 1. The molecule has 1 aromatic carbocycles. The van der Waals surface area contributed by atoms with Gasteiger partial charge in [0, 0.05) is 23.9 Å². The molecule has 2 heterocycles. The van der Waals surface area contributed by atoms with E-state index in [1.165, 1.54) is 72.8 Å². The second-order valence-corrected chi connectivity index (χ2v) is 13.2. The van der Waals surface area contributed by atoms with Crippen LogP contribution in [0.4, 0.5) is 5.13 Å². The zero-order valence-corrected chi connectivity index (χ0v) is 23.1. The van der Waals surface area contributed by atoms with E-state index in [4.69, 9.17) is 0 Å². The molecule has 1 N–H and O–H groups in total. The van der Waals surface area contributed by atoms with E-state index < -0.39 is 0 Å². The van der Waals surface area contributed by atoms with Gasteiger partial charge < -0.3 is 9.88 Å². The number of thiazole rings is 1. The summed E-state index contributed by atoms with van der Waals surface area (Å²) in [5.41, 5.74) is 4.91. The normalized spacial score (nSPS) is 26.5. The Labute approximate surface area is 221 Å². The minimum Gasteiger partial charge on any atom is -0.306 e. The lowest BCUT2D eigenvalue weighted by molar-refractivity contribution is -0.113. The van der Waals surface area contributed by atoms with E-state index in [9.17, 15) is 4.79 Å². The van der Waals surface area contributed by atoms with Gasteiger partial charge in [-0.05, 0) is 99.7 Å². The van der Waals surface area contributed by atoms with E-state index in [2.05, 4.69) is 64.0 Å². The molecule has 0 unspecified atom stereocenters. The first kappa shape index (κ1) is 24.2. The van der Waals surface area contributed by atoms with Crippen LogP contribution in [0.1, 0.15) is 62.4 Å². The number of aryl methyl sites for hydroxylation is 2. The standard InChI is InChI=1S/C28H35N5OS2/c1-4-33-24(14-28-11-19-8-20(12-28)10-21(9-19)13-28)31-32-27(33)36-16-25(34)30-26-29-23(15-35-26)22-6-5-17(2)18(3)7-22/h5-7,15,19-21H,4,8-14,16H2,1-3H3,(H,29,30,34). The largest absolute Gasteiger partial charge is 0.306 e. The summed E-state index contributed by atoms with van der Waals surface area (Å²) in [5, 5.41) is 15.6. The lowest BCUT2D eigenvalue weighted by Gasteiger charge is -2.56. The van der Waals surface area contributed by atoms with Gasteiger partial charge in [0.15, 0.2) is 10.3 Å². The van der Waals surface area contributed by atoms with Crippen LogP contribution in [0, 0.1) is 37.0 Å². The first-order valence-corrected chi connectivity index (χ1v) is 15.1. The van der Waals surface area contributed by atoms with E-state index in [1.807, 2.05) is 5.38 Å². The average molecular weight is 522 g/mol. The molecule has 0 aliphatic heterocycles. The summed E-state index contributed by atoms with van der Waals surface area (Å²) in [7, 11) is 0. The Morgan fingerprint density at radius 3 is 2.50 bits per heavy atom. The van der Waals surface area contributed by atoms with Gasteiger partial charge in [0.1, 0.15) is 5.82 Å². The summed E-state index contributed by atoms with van der Waals surface area (Å²) in [4.78, 5) is 17.3. The monoisotopic (exact) mass is 521 g/mol. The van der Waals surface area contributed by atoms with Crippen LogP contribution in [0.5, 0.6) is 0 Å². The summed E-state index contributed by atoms with van der Waals surface area (Å²) in [6.07, 6.45) is 9.54. The predicted molar refractivity (Wildman–Crippen MR) is 146 cm³/mol. The minimum atomic E-state index is -0.0609. The number of carbonyl (C=O) groups excluding carboxylic acids is 1. The second-order valence-electron chi connectivity index (χ2n) is 11.4. The van der Waals surface area contributed by atoms with Crippen molar-refractivity contribution < 1.29 is 4.79 Å². The number of carbonyl (C=O) groups is 1. The van der Waals surface area contributed by atoms with Gasteiger partial charge in [-0.25, -0.2) is 4.98 Å². The number of amides is 1. The van der Waals surface area contributed by atoms with E-state index >= 15 is 0 Å². The minimum absolute atomic E-state index is 0.0609. The van der Waals surface area contributed by atoms with Crippen molar-refractivity contribution in [2.45, 2.75) is 77.4 Å². The Morgan fingerprint density at radius 2 is 1.83 bits per heavy atom. The Bertz CT molecular complexity index is 1240. The zero-order chi connectivity index (χ0) is 24.9. The van der Waals surface area contributed by atoms with E-state index in [0.29, 0.717) is 16.3 Å². The Hall–Kier alpha value is -2.19. The van der Waals surface area contributed by atoms with Crippen LogP contribution in [0.2, 0.25) is 0 Å². The van der Waals surface area contributed by atoms with E-state index in [1.54, 1.807) is 0 Å². The van der Waals surface area contributed by atoms with Gasteiger partial charge in [-0.2, -0.15) is 0 Å². The Morgan fingerprint density at radius 1 is 1.11 bits per heavy atom.